The molecule has 1 unspecified atom stereocenters. The van der Waals surface area contributed by atoms with Crippen LogP contribution in [0.1, 0.15) is 59.1 Å². The minimum Gasteiger partial charge on any atom is -0.379 e. The summed E-state index contributed by atoms with van der Waals surface area (Å²) in [5, 5.41) is 7.85. The molecule has 1 atom stereocenters. The molecule has 1 saturated heterocycles. The molecule has 5 rings (SSSR count). The maximum atomic E-state index is 13.1. The number of pyridine rings is 2. The minimum absolute atomic E-state index is 0.246. The Morgan fingerprint density at radius 3 is 2.65 bits per heavy atom. The number of allylic oxidation sites excluding steroid dienone is 1. The van der Waals surface area contributed by atoms with Crippen LogP contribution in [0.25, 0.3) is 11.4 Å². The summed E-state index contributed by atoms with van der Waals surface area (Å²) in [5.41, 5.74) is 6.18. The smallest absolute Gasteiger partial charge is 0.259 e. The van der Waals surface area contributed by atoms with E-state index in [2.05, 4.69) is 26.4 Å². The van der Waals surface area contributed by atoms with Crippen LogP contribution in [0.5, 0.6) is 0 Å². The largest absolute Gasteiger partial charge is 0.379 e. The first kappa shape index (κ1) is 25.6. The van der Waals surface area contributed by atoms with Gasteiger partial charge in [0.1, 0.15) is 0 Å². The molecule has 1 N–H and O–H groups in total. The second-order valence-electron chi connectivity index (χ2n) is 9.71. The lowest BCUT2D eigenvalue weighted by atomic mass is 9.90. The van der Waals surface area contributed by atoms with Gasteiger partial charge in [-0.3, -0.25) is 14.7 Å². The predicted molar refractivity (Wildman–Crippen MR) is 145 cm³/mol. The molecule has 9 heteroatoms. The number of aromatic nitrogens is 4. The van der Waals surface area contributed by atoms with Crippen molar-refractivity contribution in [3.63, 3.8) is 0 Å². The van der Waals surface area contributed by atoms with E-state index >= 15 is 0 Å². The lowest BCUT2D eigenvalue weighted by Gasteiger charge is -2.36. The number of ether oxygens (including phenoxy) is 1. The fraction of sp³-hybridized carbons (Fsp3) is 0.429. The summed E-state index contributed by atoms with van der Waals surface area (Å²) in [5.74, 6) is 0.262. The van der Waals surface area contributed by atoms with Crippen LogP contribution in [0.15, 0.2) is 36.8 Å². The van der Waals surface area contributed by atoms with Crippen LogP contribution in [-0.2, 0) is 11.2 Å². The summed E-state index contributed by atoms with van der Waals surface area (Å²) in [6, 6.07) is 4.45. The first-order chi connectivity index (χ1) is 17.9. The Kier molecular flexibility index (Phi) is 7.69. The van der Waals surface area contributed by atoms with E-state index in [1.54, 1.807) is 23.3 Å². The van der Waals surface area contributed by atoms with E-state index in [0.29, 0.717) is 33.8 Å². The first-order valence-corrected chi connectivity index (χ1v) is 13.3. The third kappa shape index (κ3) is 5.46. The maximum absolute atomic E-state index is 13.1. The van der Waals surface area contributed by atoms with Crippen molar-refractivity contribution in [3.8, 4) is 5.82 Å². The average molecular weight is 521 g/mol. The normalized spacial score (nSPS) is 18.5. The van der Waals surface area contributed by atoms with E-state index in [4.69, 9.17) is 21.3 Å². The van der Waals surface area contributed by atoms with Gasteiger partial charge in [-0.05, 0) is 68.4 Å². The summed E-state index contributed by atoms with van der Waals surface area (Å²) in [6.45, 7) is 9.63. The van der Waals surface area contributed by atoms with Gasteiger partial charge in [0.2, 0.25) is 0 Å². The van der Waals surface area contributed by atoms with Crippen molar-refractivity contribution in [1.82, 2.24) is 24.6 Å². The van der Waals surface area contributed by atoms with Crippen LogP contribution in [0.4, 0.5) is 5.69 Å². The highest BCUT2D eigenvalue weighted by Gasteiger charge is 2.24. The Labute approximate surface area is 222 Å². The number of aryl methyl sites for hydroxylation is 2. The van der Waals surface area contributed by atoms with Crippen molar-refractivity contribution >= 4 is 28.8 Å². The molecule has 1 aliphatic heterocycles. The zero-order valence-electron chi connectivity index (χ0n) is 21.6. The summed E-state index contributed by atoms with van der Waals surface area (Å²) < 4.78 is 7.09. The average Bonchev–Trinajstić information content (AvgIpc) is 3.30. The van der Waals surface area contributed by atoms with Crippen LogP contribution in [0.3, 0.4) is 0 Å². The molecule has 1 aliphatic carbocycles. The highest BCUT2D eigenvalue weighted by Crippen LogP contribution is 2.31. The Morgan fingerprint density at radius 1 is 1.16 bits per heavy atom. The second kappa shape index (κ2) is 11.1. The first-order valence-electron chi connectivity index (χ1n) is 12.9. The molecule has 0 spiro atoms. The van der Waals surface area contributed by atoms with Gasteiger partial charge in [0.05, 0.1) is 53.3 Å². The molecule has 4 heterocycles. The van der Waals surface area contributed by atoms with Crippen LogP contribution in [0, 0.1) is 13.8 Å². The van der Waals surface area contributed by atoms with Gasteiger partial charge in [-0.25, -0.2) is 9.67 Å². The summed E-state index contributed by atoms with van der Waals surface area (Å²) in [6.07, 6.45) is 11.4. The molecule has 3 aromatic rings. The Morgan fingerprint density at radius 2 is 1.97 bits per heavy atom. The van der Waals surface area contributed by atoms with Crippen molar-refractivity contribution < 1.29 is 9.53 Å². The number of amides is 1. The zero-order chi connectivity index (χ0) is 25.9. The maximum Gasteiger partial charge on any atom is 0.259 e. The SMILES string of the molecule is CCc1cnc(-n2ncc(C(=O)Nc3cnc(C4=CCC(N5CCOCC5)CC4)c(C)c3)c2C)c(Cl)c1. The molecule has 0 bridgehead atoms. The molecule has 37 heavy (non-hydrogen) atoms. The third-order valence-corrected chi connectivity index (χ3v) is 7.61. The second-order valence-corrected chi connectivity index (χ2v) is 10.1. The molecule has 8 nitrogen and oxygen atoms in total. The van der Waals surface area contributed by atoms with Crippen molar-refractivity contribution in [2.24, 2.45) is 0 Å². The van der Waals surface area contributed by atoms with E-state index in [1.807, 2.05) is 32.9 Å². The Balaban J connectivity index is 1.27. The minimum atomic E-state index is -0.246. The van der Waals surface area contributed by atoms with Crippen molar-refractivity contribution in [3.05, 3.63) is 69.9 Å². The molecule has 1 amide bonds. The molecular formula is C28H33ClN6O2. The van der Waals surface area contributed by atoms with Gasteiger partial charge in [-0.1, -0.05) is 24.6 Å². The Bertz CT molecular complexity index is 1330. The Hall–Kier alpha value is -3.07. The number of hydrogen-bond acceptors (Lipinski definition) is 6. The van der Waals surface area contributed by atoms with E-state index < -0.39 is 0 Å². The van der Waals surface area contributed by atoms with Crippen LogP contribution in [0.2, 0.25) is 5.02 Å². The van der Waals surface area contributed by atoms with Crippen LogP contribution in [-0.4, -0.2) is 62.9 Å². The third-order valence-electron chi connectivity index (χ3n) is 7.33. The monoisotopic (exact) mass is 520 g/mol. The number of rotatable bonds is 6. The van der Waals surface area contributed by atoms with Crippen LogP contribution >= 0.6 is 11.6 Å². The summed E-state index contributed by atoms with van der Waals surface area (Å²) in [4.78, 5) is 24.8. The number of carbonyl (C=O) groups excluding carboxylic acids is 1. The zero-order valence-corrected chi connectivity index (χ0v) is 22.4. The number of nitrogens with zero attached hydrogens (tertiary/aromatic N) is 5. The van der Waals surface area contributed by atoms with Crippen molar-refractivity contribution in [2.75, 3.05) is 31.6 Å². The molecule has 0 radical (unpaired) electrons. The van der Waals surface area contributed by atoms with E-state index in [1.165, 1.54) is 5.57 Å². The molecule has 194 valence electrons. The number of nitrogens with one attached hydrogen (secondary N) is 1. The van der Waals surface area contributed by atoms with Gasteiger partial charge >= 0.3 is 0 Å². The number of anilines is 1. The summed E-state index contributed by atoms with van der Waals surface area (Å²) in [7, 11) is 0. The topological polar surface area (TPSA) is 85.2 Å². The molecular weight excluding hydrogens is 488 g/mol. The number of morpholine rings is 1. The van der Waals surface area contributed by atoms with E-state index in [9.17, 15) is 4.79 Å². The summed E-state index contributed by atoms with van der Waals surface area (Å²) >= 11 is 6.43. The fourth-order valence-electron chi connectivity index (χ4n) is 5.15. The predicted octanol–water partition coefficient (Wildman–Crippen LogP) is 5.02. The van der Waals surface area contributed by atoms with Crippen molar-refractivity contribution in [2.45, 2.75) is 52.5 Å². The van der Waals surface area contributed by atoms with Gasteiger partial charge in [-0.15, -0.1) is 0 Å². The lowest BCUT2D eigenvalue weighted by molar-refractivity contribution is 0.0150. The van der Waals surface area contributed by atoms with Gasteiger partial charge in [0, 0.05) is 25.3 Å². The number of carbonyl (C=O) groups is 1. The van der Waals surface area contributed by atoms with E-state index in [0.717, 1.165) is 68.8 Å². The van der Waals surface area contributed by atoms with Crippen LogP contribution < -0.4 is 5.32 Å². The molecule has 1 fully saturated rings. The van der Waals surface area contributed by atoms with Gasteiger partial charge in [0.15, 0.2) is 5.82 Å². The molecule has 0 aromatic carbocycles. The highest BCUT2D eigenvalue weighted by molar-refractivity contribution is 6.32. The quantitative estimate of drug-likeness (QED) is 0.491. The molecule has 2 aliphatic rings. The van der Waals surface area contributed by atoms with Gasteiger partial charge in [-0.2, -0.15) is 5.10 Å². The van der Waals surface area contributed by atoms with Crippen molar-refractivity contribution in [1.29, 1.82) is 0 Å². The number of halogens is 1. The lowest BCUT2D eigenvalue weighted by Crippen LogP contribution is -2.43. The highest BCUT2D eigenvalue weighted by atomic mass is 35.5. The van der Waals surface area contributed by atoms with Gasteiger partial charge in [0.25, 0.3) is 5.91 Å². The standard InChI is InChI=1S/C28H33ClN6O2/c1-4-20-14-25(29)27(31-15-20)35-19(3)24(17-32-35)28(36)33-22-13-18(2)26(30-16-22)21-5-7-23(8-6-21)34-9-11-37-12-10-34/h5,13-17,23H,4,6-12H2,1-3H3,(H,33,36). The van der Waals surface area contributed by atoms with E-state index in [-0.39, 0.29) is 5.91 Å². The van der Waals surface area contributed by atoms with Gasteiger partial charge < -0.3 is 10.1 Å². The molecule has 0 saturated carbocycles. The molecule has 3 aromatic heterocycles. The fourth-order valence-corrected chi connectivity index (χ4v) is 5.42. The number of hydrogen-bond donors (Lipinski definition) is 1.